The van der Waals surface area contributed by atoms with E-state index in [0.717, 1.165) is 5.56 Å². The molecule has 0 bridgehead atoms. The average molecular weight is 260 g/mol. The minimum atomic E-state index is -0.864. The van der Waals surface area contributed by atoms with E-state index in [0.29, 0.717) is 18.6 Å². The monoisotopic (exact) mass is 260 g/mol. The molecule has 1 unspecified atom stereocenters. The summed E-state index contributed by atoms with van der Waals surface area (Å²) in [7, 11) is 1.47. The zero-order valence-corrected chi connectivity index (χ0v) is 10.8. The van der Waals surface area contributed by atoms with Crippen molar-refractivity contribution in [2.75, 3.05) is 7.11 Å². The van der Waals surface area contributed by atoms with Gasteiger partial charge in [-0.15, -0.1) is 0 Å². The van der Waals surface area contributed by atoms with Crippen LogP contribution in [0.4, 0.5) is 4.39 Å². The molecule has 0 saturated heterocycles. The molecule has 1 N–H and O–H groups in total. The Morgan fingerprint density at radius 1 is 1.11 bits per heavy atom. The van der Waals surface area contributed by atoms with Crippen molar-refractivity contribution in [1.82, 2.24) is 0 Å². The van der Waals surface area contributed by atoms with Crippen LogP contribution in [0.25, 0.3) is 0 Å². The van der Waals surface area contributed by atoms with Gasteiger partial charge in [-0.1, -0.05) is 36.4 Å². The second-order valence-electron chi connectivity index (χ2n) is 4.40. The van der Waals surface area contributed by atoms with Gasteiger partial charge in [-0.05, 0) is 30.5 Å². The molecule has 0 aliphatic carbocycles. The number of aliphatic hydroxyl groups excluding tert-OH is 1. The van der Waals surface area contributed by atoms with Crippen LogP contribution in [0.2, 0.25) is 0 Å². The van der Waals surface area contributed by atoms with E-state index >= 15 is 0 Å². The minimum Gasteiger partial charge on any atom is -0.496 e. The molecule has 2 aromatic rings. The van der Waals surface area contributed by atoms with Crippen LogP contribution in [0, 0.1) is 5.82 Å². The van der Waals surface area contributed by atoms with E-state index in [2.05, 4.69) is 0 Å². The molecule has 19 heavy (non-hydrogen) atoms. The summed E-state index contributed by atoms with van der Waals surface area (Å²) in [6.45, 7) is 0. The third-order valence-corrected chi connectivity index (χ3v) is 3.12. The SMILES string of the molecule is COc1cccc(F)c1C(O)CCc1ccccc1. The fourth-order valence-electron chi connectivity index (χ4n) is 2.11. The second-order valence-corrected chi connectivity index (χ2v) is 4.40. The van der Waals surface area contributed by atoms with Crippen LogP contribution in [-0.2, 0) is 6.42 Å². The van der Waals surface area contributed by atoms with E-state index in [1.165, 1.54) is 13.2 Å². The second kappa shape index (κ2) is 6.34. The van der Waals surface area contributed by atoms with Gasteiger partial charge in [0.15, 0.2) is 0 Å². The lowest BCUT2D eigenvalue weighted by Crippen LogP contribution is -2.05. The maximum atomic E-state index is 13.8. The Hall–Kier alpha value is -1.87. The third kappa shape index (κ3) is 3.32. The van der Waals surface area contributed by atoms with Gasteiger partial charge >= 0.3 is 0 Å². The van der Waals surface area contributed by atoms with Crippen molar-refractivity contribution in [3.63, 3.8) is 0 Å². The van der Waals surface area contributed by atoms with Crippen molar-refractivity contribution in [3.05, 3.63) is 65.5 Å². The van der Waals surface area contributed by atoms with Crippen LogP contribution in [0.15, 0.2) is 48.5 Å². The molecule has 2 nitrogen and oxygen atoms in total. The van der Waals surface area contributed by atoms with Gasteiger partial charge in [0.05, 0.1) is 18.8 Å². The molecule has 0 aromatic heterocycles. The molecule has 0 amide bonds. The Kier molecular flexibility index (Phi) is 4.53. The number of methoxy groups -OCH3 is 1. The molecule has 0 spiro atoms. The van der Waals surface area contributed by atoms with Crippen molar-refractivity contribution in [2.45, 2.75) is 18.9 Å². The van der Waals surface area contributed by atoms with Crippen LogP contribution >= 0.6 is 0 Å². The highest BCUT2D eigenvalue weighted by molar-refractivity contribution is 5.36. The molecule has 0 fully saturated rings. The van der Waals surface area contributed by atoms with Crippen LogP contribution in [0.3, 0.4) is 0 Å². The number of rotatable bonds is 5. The normalized spacial score (nSPS) is 12.2. The Bertz CT molecular complexity index is 526. The summed E-state index contributed by atoms with van der Waals surface area (Å²) in [6, 6.07) is 14.4. The summed E-state index contributed by atoms with van der Waals surface area (Å²) in [6.07, 6.45) is 0.289. The van der Waals surface area contributed by atoms with E-state index in [1.54, 1.807) is 12.1 Å². The molecule has 0 radical (unpaired) electrons. The van der Waals surface area contributed by atoms with E-state index < -0.39 is 11.9 Å². The highest BCUT2D eigenvalue weighted by Gasteiger charge is 2.17. The first-order chi connectivity index (χ1) is 9.22. The van der Waals surface area contributed by atoms with Crippen molar-refractivity contribution >= 4 is 0 Å². The van der Waals surface area contributed by atoms with Crippen LogP contribution < -0.4 is 4.74 Å². The third-order valence-electron chi connectivity index (χ3n) is 3.12. The summed E-state index contributed by atoms with van der Waals surface area (Å²) in [4.78, 5) is 0. The number of hydrogen-bond donors (Lipinski definition) is 1. The maximum Gasteiger partial charge on any atom is 0.132 e. The fraction of sp³-hybridized carbons (Fsp3) is 0.250. The quantitative estimate of drug-likeness (QED) is 0.891. The summed E-state index contributed by atoms with van der Waals surface area (Å²) in [5.41, 5.74) is 1.36. The lowest BCUT2D eigenvalue weighted by molar-refractivity contribution is 0.158. The Balaban J connectivity index is 2.10. The number of aryl methyl sites for hydroxylation is 1. The Morgan fingerprint density at radius 3 is 2.53 bits per heavy atom. The summed E-state index contributed by atoms with van der Waals surface area (Å²) in [5.74, 6) is -0.0412. The molecular formula is C16H17FO2. The summed E-state index contributed by atoms with van der Waals surface area (Å²) in [5, 5.41) is 10.2. The lowest BCUT2D eigenvalue weighted by Gasteiger charge is -2.15. The predicted octanol–water partition coefficient (Wildman–Crippen LogP) is 3.50. The first-order valence-electron chi connectivity index (χ1n) is 6.26. The standard InChI is InChI=1S/C16H17FO2/c1-19-15-9-5-8-13(17)16(15)14(18)11-10-12-6-3-2-4-7-12/h2-9,14,18H,10-11H2,1H3. The van der Waals surface area contributed by atoms with Crippen LogP contribution in [0.1, 0.15) is 23.7 Å². The largest absolute Gasteiger partial charge is 0.496 e. The Labute approximate surface area is 112 Å². The molecular weight excluding hydrogens is 243 g/mol. The zero-order chi connectivity index (χ0) is 13.7. The lowest BCUT2D eigenvalue weighted by atomic mass is 10.00. The molecule has 3 heteroatoms. The first kappa shape index (κ1) is 13.6. The van der Waals surface area contributed by atoms with E-state index in [9.17, 15) is 9.50 Å². The van der Waals surface area contributed by atoms with Crippen LogP contribution in [0.5, 0.6) is 5.75 Å². The number of hydrogen-bond acceptors (Lipinski definition) is 2. The van der Waals surface area contributed by atoms with Crippen molar-refractivity contribution < 1.29 is 14.2 Å². The van der Waals surface area contributed by atoms with Gasteiger partial charge in [-0.3, -0.25) is 0 Å². The summed E-state index contributed by atoms with van der Waals surface area (Å²) >= 11 is 0. The number of benzene rings is 2. The number of halogens is 1. The topological polar surface area (TPSA) is 29.5 Å². The zero-order valence-electron chi connectivity index (χ0n) is 10.8. The molecule has 0 saturated carbocycles. The van der Waals surface area contributed by atoms with E-state index in [4.69, 9.17) is 4.74 Å². The van der Waals surface area contributed by atoms with Gasteiger partial charge in [-0.2, -0.15) is 0 Å². The molecule has 2 rings (SSSR count). The van der Waals surface area contributed by atoms with E-state index in [1.807, 2.05) is 30.3 Å². The van der Waals surface area contributed by atoms with Crippen molar-refractivity contribution in [3.8, 4) is 5.75 Å². The van der Waals surface area contributed by atoms with Crippen molar-refractivity contribution in [2.24, 2.45) is 0 Å². The van der Waals surface area contributed by atoms with Gasteiger partial charge < -0.3 is 9.84 Å². The number of aliphatic hydroxyl groups is 1. The highest BCUT2D eigenvalue weighted by atomic mass is 19.1. The average Bonchev–Trinajstić information content (AvgIpc) is 2.45. The van der Waals surface area contributed by atoms with E-state index in [-0.39, 0.29) is 5.56 Å². The Morgan fingerprint density at radius 2 is 1.84 bits per heavy atom. The summed E-state index contributed by atoms with van der Waals surface area (Å²) < 4.78 is 18.9. The minimum absolute atomic E-state index is 0.237. The van der Waals surface area contributed by atoms with Gasteiger partial charge in [0, 0.05) is 0 Å². The highest BCUT2D eigenvalue weighted by Crippen LogP contribution is 2.30. The van der Waals surface area contributed by atoms with Gasteiger partial charge in [0.25, 0.3) is 0 Å². The first-order valence-corrected chi connectivity index (χ1v) is 6.26. The van der Waals surface area contributed by atoms with Gasteiger partial charge in [0.1, 0.15) is 11.6 Å². The molecule has 2 aromatic carbocycles. The molecule has 1 atom stereocenters. The van der Waals surface area contributed by atoms with Gasteiger partial charge in [0.2, 0.25) is 0 Å². The smallest absolute Gasteiger partial charge is 0.132 e. The number of ether oxygens (including phenoxy) is 1. The maximum absolute atomic E-state index is 13.8. The molecule has 100 valence electrons. The van der Waals surface area contributed by atoms with Gasteiger partial charge in [-0.25, -0.2) is 4.39 Å². The molecule has 0 aliphatic rings. The molecule has 0 heterocycles. The molecule has 0 aliphatic heterocycles. The fourth-order valence-corrected chi connectivity index (χ4v) is 2.11. The predicted molar refractivity (Wildman–Crippen MR) is 72.7 cm³/mol. The van der Waals surface area contributed by atoms with Crippen LogP contribution in [-0.4, -0.2) is 12.2 Å². The van der Waals surface area contributed by atoms with Crippen molar-refractivity contribution in [1.29, 1.82) is 0 Å².